The molecule has 1 heterocycles. The highest BCUT2D eigenvalue weighted by molar-refractivity contribution is 7.89. The first kappa shape index (κ1) is 17.2. The van der Waals surface area contributed by atoms with Crippen LogP contribution in [-0.4, -0.2) is 46.7 Å². The lowest BCUT2D eigenvalue weighted by Crippen LogP contribution is -2.30. The lowest BCUT2D eigenvalue weighted by atomic mass is 10.1. The summed E-state index contributed by atoms with van der Waals surface area (Å²) < 4.78 is 29.8. The molecule has 6 nitrogen and oxygen atoms in total. The van der Waals surface area contributed by atoms with Crippen molar-refractivity contribution in [1.29, 1.82) is 0 Å². The molecule has 1 aromatic rings. The molecule has 0 bridgehead atoms. The van der Waals surface area contributed by atoms with E-state index < -0.39 is 10.0 Å². The zero-order valence-corrected chi connectivity index (χ0v) is 14.2. The maximum absolute atomic E-state index is 12.3. The lowest BCUT2D eigenvalue weighted by Gasteiger charge is -2.15. The molecule has 7 heteroatoms. The van der Waals surface area contributed by atoms with Gasteiger partial charge in [-0.15, -0.1) is 0 Å². The molecule has 2 rings (SSSR count). The number of likely N-dealkylation sites (tertiary alicyclic amines) is 1. The van der Waals surface area contributed by atoms with Gasteiger partial charge < -0.3 is 9.64 Å². The summed E-state index contributed by atoms with van der Waals surface area (Å²) in [4.78, 5) is 9.84. The first-order chi connectivity index (χ1) is 10.4. The maximum atomic E-state index is 12.3. The topological polar surface area (TPSA) is 67.9 Å². The van der Waals surface area contributed by atoms with Gasteiger partial charge in [0, 0.05) is 6.54 Å². The average molecular weight is 328 g/mol. The van der Waals surface area contributed by atoms with Crippen LogP contribution in [0.1, 0.15) is 24.0 Å². The summed E-state index contributed by atoms with van der Waals surface area (Å²) in [6, 6.07) is 3.31. The smallest absolute Gasteiger partial charge is 0.262 e. The number of ether oxygens (including phenoxy) is 1. The Balaban J connectivity index is 1.96. The standard InChI is InChI=1S/C15H24N2O4S/c1-12-11-15(13(2)10-14(12)20-3)22(18,19)16-21-9-8-17-6-4-5-7-17/h10-11,16H,4-9H2,1-3H3. The van der Waals surface area contributed by atoms with E-state index in [1.165, 1.54) is 12.8 Å². The van der Waals surface area contributed by atoms with E-state index >= 15 is 0 Å². The monoisotopic (exact) mass is 328 g/mol. The van der Waals surface area contributed by atoms with E-state index in [9.17, 15) is 8.42 Å². The fourth-order valence-electron chi connectivity index (χ4n) is 2.62. The van der Waals surface area contributed by atoms with Gasteiger partial charge in [0.1, 0.15) is 5.75 Å². The van der Waals surface area contributed by atoms with Crippen LogP contribution >= 0.6 is 0 Å². The zero-order valence-electron chi connectivity index (χ0n) is 13.4. The van der Waals surface area contributed by atoms with Crippen LogP contribution in [0.4, 0.5) is 0 Å². The minimum absolute atomic E-state index is 0.215. The van der Waals surface area contributed by atoms with Crippen molar-refractivity contribution in [2.24, 2.45) is 0 Å². The highest BCUT2D eigenvalue weighted by Crippen LogP contribution is 2.25. The third-order valence-electron chi connectivity index (χ3n) is 3.86. The molecule has 0 unspecified atom stereocenters. The summed E-state index contributed by atoms with van der Waals surface area (Å²) in [6.07, 6.45) is 2.41. The molecule has 1 N–H and O–H groups in total. The third-order valence-corrected chi connectivity index (χ3v) is 5.21. The number of benzene rings is 1. The van der Waals surface area contributed by atoms with Gasteiger partial charge in [-0.1, -0.05) is 4.89 Å². The van der Waals surface area contributed by atoms with Crippen molar-refractivity contribution < 1.29 is 18.0 Å². The van der Waals surface area contributed by atoms with E-state index in [0.717, 1.165) is 25.2 Å². The van der Waals surface area contributed by atoms with Crippen LogP contribution in [0.3, 0.4) is 0 Å². The molecule has 124 valence electrons. The Kier molecular flexibility index (Phi) is 5.80. The Morgan fingerprint density at radius 1 is 1.18 bits per heavy atom. The van der Waals surface area contributed by atoms with Crippen molar-refractivity contribution in [2.45, 2.75) is 31.6 Å². The minimum Gasteiger partial charge on any atom is -0.496 e. The number of nitrogens with one attached hydrogen (secondary N) is 1. The molecule has 0 amide bonds. The van der Waals surface area contributed by atoms with Gasteiger partial charge in [0.2, 0.25) is 0 Å². The summed E-state index contributed by atoms with van der Waals surface area (Å²) in [5.74, 6) is 0.673. The molecule has 22 heavy (non-hydrogen) atoms. The Morgan fingerprint density at radius 2 is 1.86 bits per heavy atom. The molecule has 0 saturated carbocycles. The molecule has 1 aromatic carbocycles. The predicted molar refractivity (Wildman–Crippen MR) is 84.4 cm³/mol. The molecule has 1 saturated heterocycles. The van der Waals surface area contributed by atoms with E-state index in [1.54, 1.807) is 26.2 Å². The lowest BCUT2D eigenvalue weighted by molar-refractivity contribution is 0.0756. The van der Waals surface area contributed by atoms with Gasteiger partial charge in [-0.25, -0.2) is 8.42 Å². The molecule has 0 atom stereocenters. The predicted octanol–water partition coefficient (Wildman–Crippen LogP) is 1.62. The second kappa shape index (κ2) is 7.41. The van der Waals surface area contributed by atoms with Gasteiger partial charge >= 0.3 is 0 Å². The summed E-state index contributed by atoms with van der Waals surface area (Å²) in [5.41, 5.74) is 1.39. The molecule has 1 aliphatic heterocycles. The normalized spacial score (nSPS) is 16.1. The van der Waals surface area contributed by atoms with Gasteiger partial charge in [-0.3, -0.25) is 4.84 Å². The van der Waals surface area contributed by atoms with Gasteiger partial charge in [0.15, 0.2) is 0 Å². The second-order valence-electron chi connectivity index (χ2n) is 5.57. The van der Waals surface area contributed by atoms with Crippen molar-refractivity contribution in [1.82, 2.24) is 9.79 Å². The molecular weight excluding hydrogens is 304 g/mol. The Bertz CT molecular complexity index is 610. The molecule has 1 aliphatic rings. The van der Waals surface area contributed by atoms with E-state index in [0.29, 0.717) is 17.9 Å². The SMILES string of the molecule is COc1cc(C)c(S(=O)(=O)NOCCN2CCCC2)cc1C. The molecular formula is C15H24N2O4S. The first-order valence-electron chi connectivity index (χ1n) is 7.45. The van der Waals surface area contributed by atoms with Crippen LogP contribution in [0.25, 0.3) is 0 Å². The van der Waals surface area contributed by atoms with Gasteiger partial charge in [0.25, 0.3) is 10.0 Å². The zero-order chi connectivity index (χ0) is 16.2. The first-order valence-corrected chi connectivity index (χ1v) is 8.93. The van der Waals surface area contributed by atoms with Crippen molar-refractivity contribution in [3.63, 3.8) is 0 Å². The minimum atomic E-state index is -3.68. The number of nitrogens with zero attached hydrogens (tertiary/aromatic N) is 1. The molecule has 0 radical (unpaired) electrons. The molecule has 1 fully saturated rings. The highest BCUT2D eigenvalue weighted by Gasteiger charge is 2.19. The fraction of sp³-hybridized carbons (Fsp3) is 0.600. The van der Waals surface area contributed by atoms with Crippen molar-refractivity contribution in [3.05, 3.63) is 23.3 Å². The van der Waals surface area contributed by atoms with Crippen LogP contribution < -0.4 is 9.62 Å². The fourth-order valence-corrected chi connectivity index (χ4v) is 3.76. The summed E-state index contributed by atoms with van der Waals surface area (Å²) in [5, 5.41) is 0. The molecule has 0 aromatic heterocycles. The van der Waals surface area contributed by atoms with Gasteiger partial charge in [-0.2, -0.15) is 0 Å². The Hall–Kier alpha value is -1.15. The van der Waals surface area contributed by atoms with Gasteiger partial charge in [-0.05, 0) is 63.0 Å². The van der Waals surface area contributed by atoms with E-state index in [-0.39, 0.29) is 4.90 Å². The van der Waals surface area contributed by atoms with Gasteiger partial charge in [0.05, 0.1) is 18.6 Å². The largest absolute Gasteiger partial charge is 0.496 e. The third kappa shape index (κ3) is 4.19. The second-order valence-corrected chi connectivity index (χ2v) is 7.18. The number of sulfonamides is 1. The van der Waals surface area contributed by atoms with Crippen LogP contribution in [-0.2, 0) is 14.9 Å². The van der Waals surface area contributed by atoms with Crippen molar-refractivity contribution in [2.75, 3.05) is 33.4 Å². The number of aryl methyl sites for hydroxylation is 2. The van der Waals surface area contributed by atoms with Crippen molar-refractivity contribution in [3.8, 4) is 5.75 Å². The Labute approximate surface area is 132 Å². The van der Waals surface area contributed by atoms with Crippen LogP contribution in [0.5, 0.6) is 5.75 Å². The quantitative estimate of drug-likeness (QED) is 0.608. The van der Waals surface area contributed by atoms with E-state index in [4.69, 9.17) is 9.57 Å². The van der Waals surface area contributed by atoms with E-state index in [2.05, 4.69) is 9.79 Å². The summed E-state index contributed by atoms with van der Waals surface area (Å²) >= 11 is 0. The number of methoxy groups -OCH3 is 1. The number of rotatable bonds is 7. The number of hydrogen-bond acceptors (Lipinski definition) is 5. The van der Waals surface area contributed by atoms with Crippen LogP contribution in [0, 0.1) is 13.8 Å². The summed E-state index contributed by atoms with van der Waals surface area (Å²) in [6.45, 7) is 6.75. The Morgan fingerprint density at radius 3 is 2.50 bits per heavy atom. The van der Waals surface area contributed by atoms with Crippen molar-refractivity contribution >= 4 is 10.0 Å². The van der Waals surface area contributed by atoms with Crippen LogP contribution in [0.15, 0.2) is 17.0 Å². The van der Waals surface area contributed by atoms with E-state index in [1.807, 2.05) is 6.92 Å². The maximum Gasteiger partial charge on any atom is 0.262 e. The summed E-state index contributed by atoms with van der Waals surface area (Å²) in [7, 11) is -2.12. The average Bonchev–Trinajstić information content (AvgIpc) is 2.98. The number of hydrogen-bond donors (Lipinski definition) is 1. The molecule has 0 aliphatic carbocycles. The van der Waals surface area contributed by atoms with Crippen LogP contribution in [0.2, 0.25) is 0 Å². The molecule has 0 spiro atoms. The highest BCUT2D eigenvalue weighted by atomic mass is 32.2.